The summed E-state index contributed by atoms with van der Waals surface area (Å²) < 4.78 is 27.1. The van der Waals surface area contributed by atoms with E-state index >= 15 is 0 Å². The molecule has 0 spiro atoms. The van der Waals surface area contributed by atoms with Crippen LogP contribution in [0.3, 0.4) is 0 Å². The molecule has 0 fully saturated rings. The van der Waals surface area contributed by atoms with E-state index in [9.17, 15) is 8.78 Å². The third-order valence-electron chi connectivity index (χ3n) is 2.19. The topological polar surface area (TPSA) is 33.1 Å². The largest absolute Gasteiger partial charge is 0.396 e. The summed E-state index contributed by atoms with van der Waals surface area (Å²) in [5.41, 5.74) is -0.235. The highest BCUT2D eigenvalue weighted by Crippen LogP contribution is 2.35. The van der Waals surface area contributed by atoms with Gasteiger partial charge in [-0.1, -0.05) is 13.0 Å². The van der Waals surface area contributed by atoms with Crippen molar-refractivity contribution in [1.82, 2.24) is 4.98 Å². The minimum absolute atomic E-state index is 0.0730. The number of pyridine rings is 1. The fourth-order valence-electron chi connectivity index (χ4n) is 1.19. The van der Waals surface area contributed by atoms with Gasteiger partial charge in [0, 0.05) is 18.7 Å². The van der Waals surface area contributed by atoms with Crippen molar-refractivity contribution in [3.05, 3.63) is 30.1 Å². The molecule has 0 aliphatic heterocycles. The van der Waals surface area contributed by atoms with Gasteiger partial charge in [0.25, 0.3) is 5.92 Å². The molecule has 0 saturated heterocycles. The second-order valence-corrected chi connectivity index (χ2v) is 3.25. The Morgan fingerprint density at radius 3 is 2.71 bits per heavy atom. The van der Waals surface area contributed by atoms with Crippen LogP contribution >= 0.6 is 0 Å². The summed E-state index contributed by atoms with van der Waals surface area (Å²) in [6.07, 6.45) is 1.42. The normalized spacial score (nSPS) is 14.0. The van der Waals surface area contributed by atoms with Crippen LogP contribution in [0.25, 0.3) is 0 Å². The van der Waals surface area contributed by atoms with Crippen molar-refractivity contribution >= 4 is 0 Å². The van der Waals surface area contributed by atoms with Crippen molar-refractivity contribution in [2.24, 2.45) is 5.92 Å². The van der Waals surface area contributed by atoms with Gasteiger partial charge < -0.3 is 5.11 Å². The Morgan fingerprint density at radius 2 is 2.21 bits per heavy atom. The lowest BCUT2D eigenvalue weighted by atomic mass is 9.97. The Balaban J connectivity index is 2.84. The zero-order valence-electron chi connectivity index (χ0n) is 7.95. The lowest BCUT2D eigenvalue weighted by molar-refractivity contribution is -0.0690. The van der Waals surface area contributed by atoms with Crippen LogP contribution in [0.1, 0.15) is 19.0 Å². The number of hydrogen-bond donors (Lipinski definition) is 1. The van der Waals surface area contributed by atoms with Gasteiger partial charge in [-0.2, -0.15) is 8.78 Å². The van der Waals surface area contributed by atoms with E-state index < -0.39 is 11.8 Å². The van der Waals surface area contributed by atoms with Gasteiger partial charge in [-0.25, -0.2) is 0 Å². The SMILES string of the molecule is C[C@@H](CCO)C(F)(F)c1ccccn1. The van der Waals surface area contributed by atoms with E-state index in [4.69, 9.17) is 5.11 Å². The van der Waals surface area contributed by atoms with Crippen molar-refractivity contribution in [2.75, 3.05) is 6.61 Å². The first kappa shape index (κ1) is 11.0. The molecule has 14 heavy (non-hydrogen) atoms. The summed E-state index contributed by atoms with van der Waals surface area (Å²) in [7, 11) is 0. The van der Waals surface area contributed by atoms with Crippen molar-refractivity contribution in [3.63, 3.8) is 0 Å². The van der Waals surface area contributed by atoms with Gasteiger partial charge >= 0.3 is 0 Å². The van der Waals surface area contributed by atoms with E-state index in [2.05, 4.69) is 4.98 Å². The van der Waals surface area contributed by atoms with Crippen LogP contribution in [-0.2, 0) is 5.92 Å². The Bertz CT molecular complexity index is 277. The fraction of sp³-hybridized carbons (Fsp3) is 0.500. The van der Waals surface area contributed by atoms with E-state index in [-0.39, 0.29) is 18.7 Å². The number of rotatable bonds is 4. The van der Waals surface area contributed by atoms with Gasteiger partial charge in [-0.15, -0.1) is 0 Å². The van der Waals surface area contributed by atoms with Crippen LogP contribution in [0, 0.1) is 5.92 Å². The molecular weight excluding hydrogens is 188 g/mol. The van der Waals surface area contributed by atoms with Crippen LogP contribution in [0.2, 0.25) is 0 Å². The molecule has 1 rings (SSSR count). The highest BCUT2D eigenvalue weighted by atomic mass is 19.3. The van der Waals surface area contributed by atoms with Crippen molar-refractivity contribution in [3.8, 4) is 0 Å². The zero-order valence-corrected chi connectivity index (χ0v) is 7.95. The van der Waals surface area contributed by atoms with Crippen molar-refractivity contribution in [2.45, 2.75) is 19.3 Å². The smallest absolute Gasteiger partial charge is 0.292 e. The summed E-state index contributed by atoms with van der Waals surface area (Å²) in [6, 6.07) is 4.42. The minimum atomic E-state index is -2.97. The van der Waals surface area contributed by atoms with E-state index in [1.807, 2.05) is 0 Å². The van der Waals surface area contributed by atoms with Crippen molar-refractivity contribution < 1.29 is 13.9 Å². The molecule has 0 aromatic carbocycles. The highest BCUT2D eigenvalue weighted by Gasteiger charge is 2.39. The van der Waals surface area contributed by atoms with Gasteiger partial charge in [-0.3, -0.25) is 4.98 Å². The number of aromatic nitrogens is 1. The molecule has 0 bridgehead atoms. The zero-order chi connectivity index (χ0) is 10.6. The Hall–Kier alpha value is -1.03. The molecule has 0 aliphatic rings. The van der Waals surface area contributed by atoms with Gasteiger partial charge in [0.1, 0.15) is 5.69 Å². The maximum absolute atomic E-state index is 13.6. The molecule has 78 valence electrons. The van der Waals surface area contributed by atoms with Gasteiger partial charge in [-0.05, 0) is 18.6 Å². The monoisotopic (exact) mass is 201 g/mol. The molecule has 1 aromatic heterocycles. The molecule has 0 amide bonds. The van der Waals surface area contributed by atoms with E-state index in [1.165, 1.54) is 25.3 Å². The van der Waals surface area contributed by atoms with Gasteiger partial charge in [0.15, 0.2) is 0 Å². The second-order valence-electron chi connectivity index (χ2n) is 3.25. The average Bonchev–Trinajstić information content (AvgIpc) is 2.19. The third-order valence-corrected chi connectivity index (χ3v) is 2.19. The molecule has 0 unspecified atom stereocenters. The van der Waals surface area contributed by atoms with Gasteiger partial charge in [0.05, 0.1) is 0 Å². The minimum Gasteiger partial charge on any atom is -0.396 e. The first-order valence-corrected chi connectivity index (χ1v) is 4.49. The molecular formula is C10H13F2NO. The van der Waals surface area contributed by atoms with Crippen LogP contribution in [0.5, 0.6) is 0 Å². The van der Waals surface area contributed by atoms with E-state index in [0.717, 1.165) is 0 Å². The quantitative estimate of drug-likeness (QED) is 0.810. The molecule has 1 atom stereocenters. The third kappa shape index (κ3) is 2.26. The molecule has 1 heterocycles. The van der Waals surface area contributed by atoms with E-state index in [1.54, 1.807) is 6.07 Å². The summed E-state index contributed by atoms with van der Waals surface area (Å²) in [5, 5.41) is 8.59. The predicted molar refractivity (Wildman–Crippen MR) is 49.0 cm³/mol. The second kappa shape index (κ2) is 4.46. The Labute approximate surface area is 81.6 Å². The Kier molecular flexibility index (Phi) is 3.52. The number of hydrogen-bond acceptors (Lipinski definition) is 2. The Morgan fingerprint density at radius 1 is 1.50 bits per heavy atom. The number of nitrogens with zero attached hydrogens (tertiary/aromatic N) is 1. The van der Waals surface area contributed by atoms with Crippen molar-refractivity contribution in [1.29, 1.82) is 0 Å². The van der Waals surface area contributed by atoms with Crippen LogP contribution in [0.15, 0.2) is 24.4 Å². The standard InChI is InChI=1S/C10H13F2NO/c1-8(5-7-14)10(11,12)9-4-2-3-6-13-9/h2-4,6,8,14H,5,7H2,1H3/t8-/m0/s1. The molecule has 1 N–H and O–H groups in total. The van der Waals surface area contributed by atoms with Crippen LogP contribution in [0.4, 0.5) is 8.78 Å². The molecule has 0 aliphatic carbocycles. The lowest BCUT2D eigenvalue weighted by Gasteiger charge is -2.22. The number of aliphatic hydroxyl groups is 1. The lowest BCUT2D eigenvalue weighted by Crippen LogP contribution is -2.25. The summed E-state index contributed by atoms with van der Waals surface area (Å²) in [5.74, 6) is -3.87. The molecule has 4 heteroatoms. The summed E-state index contributed by atoms with van der Waals surface area (Å²) >= 11 is 0. The highest BCUT2D eigenvalue weighted by molar-refractivity contribution is 5.10. The number of alkyl halides is 2. The van der Waals surface area contributed by atoms with Crippen LogP contribution < -0.4 is 0 Å². The summed E-state index contributed by atoms with van der Waals surface area (Å²) in [4.78, 5) is 3.62. The fourth-order valence-corrected chi connectivity index (χ4v) is 1.19. The predicted octanol–water partition coefficient (Wildman–Crippen LogP) is 2.19. The first-order valence-electron chi connectivity index (χ1n) is 4.49. The van der Waals surface area contributed by atoms with E-state index in [0.29, 0.717) is 0 Å². The molecule has 1 aromatic rings. The first-order chi connectivity index (χ1) is 6.59. The molecule has 0 radical (unpaired) electrons. The maximum atomic E-state index is 13.6. The van der Waals surface area contributed by atoms with Crippen LogP contribution in [-0.4, -0.2) is 16.7 Å². The molecule has 0 saturated carbocycles. The summed E-state index contributed by atoms with van der Waals surface area (Å²) in [6.45, 7) is 1.18. The number of halogens is 2. The average molecular weight is 201 g/mol. The van der Waals surface area contributed by atoms with Gasteiger partial charge in [0.2, 0.25) is 0 Å². The maximum Gasteiger partial charge on any atom is 0.292 e. The number of aliphatic hydroxyl groups excluding tert-OH is 1. The molecule has 2 nitrogen and oxygen atoms in total.